The van der Waals surface area contributed by atoms with Gasteiger partial charge in [0.25, 0.3) is 17.7 Å². The number of nitrogens with one attached hydrogen (secondary N) is 2. The number of rotatable bonds is 14. The number of ether oxygens (including phenoxy) is 2. The number of methoxy groups -OCH3 is 2. The van der Waals surface area contributed by atoms with Gasteiger partial charge < -0.3 is 33.7 Å². The van der Waals surface area contributed by atoms with Gasteiger partial charge in [0.05, 0.1) is 50.9 Å². The maximum absolute atomic E-state index is 14.2. The Hall–Kier alpha value is -7.34. The van der Waals surface area contributed by atoms with E-state index in [2.05, 4.69) is 25.0 Å². The molecule has 2 aliphatic carbocycles. The molecule has 84 heavy (non-hydrogen) atoms. The molecule has 5 aliphatic rings. The second-order valence-electron chi connectivity index (χ2n) is 22.7. The van der Waals surface area contributed by atoms with E-state index in [4.69, 9.17) is 9.47 Å². The third-order valence-corrected chi connectivity index (χ3v) is 19.9. The minimum atomic E-state index is -3.98. The van der Waals surface area contributed by atoms with E-state index < -0.39 is 38.2 Å². The van der Waals surface area contributed by atoms with Gasteiger partial charge in [-0.05, 0) is 133 Å². The number of hydrogen-bond donors (Lipinski definition) is 4. The van der Waals surface area contributed by atoms with Crippen molar-refractivity contribution >= 4 is 78.1 Å². The van der Waals surface area contributed by atoms with Crippen LogP contribution in [0.2, 0.25) is 0 Å². The highest BCUT2D eigenvalue weighted by molar-refractivity contribution is 7.88. The Morgan fingerprint density at radius 1 is 0.583 bits per heavy atom. The number of β-amino-alcohol motifs (C(OH)–C–C–N with tert-alkyl or cyclic N) is 1. The lowest BCUT2D eigenvalue weighted by atomic mass is 9.81. The van der Waals surface area contributed by atoms with Crippen LogP contribution in [0.1, 0.15) is 119 Å². The number of hydrogen-bond acceptors (Lipinski definition) is 12. The summed E-state index contributed by atoms with van der Waals surface area (Å²) in [6, 6.07) is 22.2. The molecule has 446 valence electrons. The fourth-order valence-corrected chi connectivity index (χ4v) is 13.7. The molecule has 22 heteroatoms. The van der Waals surface area contributed by atoms with Gasteiger partial charge in [-0.25, -0.2) is 14.2 Å². The van der Waals surface area contributed by atoms with Gasteiger partial charge in [0.1, 0.15) is 11.5 Å². The number of carbonyl (C=O) groups excluding carboxylic acids is 3. The van der Waals surface area contributed by atoms with Crippen molar-refractivity contribution in [2.75, 3.05) is 81.7 Å². The lowest BCUT2D eigenvalue weighted by Gasteiger charge is -2.34. The third-order valence-electron chi connectivity index (χ3n) is 17.1. The molecule has 1 saturated heterocycles. The zero-order valence-electron chi connectivity index (χ0n) is 48.4. The first-order valence-electron chi connectivity index (χ1n) is 28.7. The normalized spacial score (nSPS) is 16.9. The summed E-state index contributed by atoms with van der Waals surface area (Å²) in [5.41, 5.74) is 10.6. The van der Waals surface area contributed by atoms with Crippen LogP contribution in [0.5, 0.6) is 11.5 Å². The number of carboxylic acids is 1. The second kappa shape index (κ2) is 24.7. The van der Waals surface area contributed by atoms with Crippen molar-refractivity contribution in [2.24, 2.45) is 0 Å². The van der Waals surface area contributed by atoms with E-state index in [9.17, 15) is 46.2 Å². The fraction of sp³-hybridized carbons (Fsp3) is 0.419. The number of carbonyl (C=O) groups is 4. The summed E-state index contributed by atoms with van der Waals surface area (Å²) in [4.78, 5) is 56.7. The Labute approximate surface area is 490 Å². The van der Waals surface area contributed by atoms with Crippen LogP contribution in [0, 0.1) is 0 Å². The first-order chi connectivity index (χ1) is 40.2. The fourth-order valence-electron chi connectivity index (χ4n) is 12.7. The molecule has 11 rings (SSSR count). The van der Waals surface area contributed by atoms with Crippen LogP contribution < -0.4 is 18.9 Å². The number of aliphatic hydroxyl groups excluding tert-OH is 1. The maximum Gasteiger partial charge on any atom is 0.333 e. The Bertz CT molecular complexity index is 3860. The molecular weight excluding hydrogens is 1110 g/mol. The number of carboxylic acid groups (broad SMARTS) is 1. The van der Waals surface area contributed by atoms with Crippen LogP contribution in [-0.4, -0.2) is 160 Å². The summed E-state index contributed by atoms with van der Waals surface area (Å²) in [5.74, 6) is -0.597. The van der Waals surface area contributed by atoms with Gasteiger partial charge in [0.15, 0.2) is 0 Å². The van der Waals surface area contributed by atoms with Crippen LogP contribution in [0.3, 0.4) is 0 Å². The number of nitrogens with zero attached hydrogens (tertiary/aromatic N) is 6. The smallest absolute Gasteiger partial charge is 0.333 e. The number of benzene rings is 4. The van der Waals surface area contributed by atoms with Crippen molar-refractivity contribution in [2.45, 2.75) is 89.1 Å². The Kier molecular flexibility index (Phi) is 17.6. The Morgan fingerprint density at radius 3 is 1.42 bits per heavy atom. The van der Waals surface area contributed by atoms with E-state index in [1.54, 1.807) is 44.6 Å². The lowest BCUT2D eigenvalue weighted by Crippen LogP contribution is -2.49. The number of aliphatic hydroxyl groups is 1. The second-order valence-corrected chi connectivity index (χ2v) is 26.4. The zero-order valence-corrected chi connectivity index (χ0v) is 50.1. The predicted molar refractivity (Wildman–Crippen MR) is 323 cm³/mol. The van der Waals surface area contributed by atoms with Crippen molar-refractivity contribution in [1.29, 1.82) is 0 Å². The molecule has 3 amide bonds. The highest BCUT2D eigenvalue weighted by atomic mass is 32.2. The van der Waals surface area contributed by atoms with E-state index >= 15 is 0 Å². The molecule has 4 N–H and O–H groups in total. The minimum absolute atomic E-state index is 0.0442. The van der Waals surface area contributed by atoms with Gasteiger partial charge in [0, 0.05) is 111 Å². The van der Waals surface area contributed by atoms with Crippen molar-refractivity contribution in [3.8, 4) is 34.0 Å². The van der Waals surface area contributed by atoms with Crippen LogP contribution in [0.25, 0.3) is 56.5 Å². The first-order valence-corrected chi connectivity index (χ1v) is 31.5. The summed E-state index contributed by atoms with van der Waals surface area (Å²) in [7, 11) is 0.673. The van der Waals surface area contributed by atoms with E-state index in [0.29, 0.717) is 67.8 Å². The number of amides is 3. The van der Waals surface area contributed by atoms with Gasteiger partial charge in [-0.2, -0.15) is 25.4 Å². The SMILES string of the molecule is COc1ccc2c(c1)C=C(C(=O)N1CCN(CCO)CC1)Cn1c-2c(C2CCCCC2)c2ccc(C(=O)NS(=O)(=O)N(C)C)cc21.COc1ccc2c(c1)C=C(C(=O)O)Cn1c-2c(C2CCCCC2)c2ccc(C(=O)NS(=O)(=O)N(C)C)cc21. The summed E-state index contributed by atoms with van der Waals surface area (Å²) in [5, 5.41) is 21.4. The summed E-state index contributed by atoms with van der Waals surface area (Å²) in [6.07, 6.45) is 14.7. The number of aliphatic carboxylic acids is 1. The van der Waals surface area contributed by atoms with E-state index in [1.807, 2.05) is 58.0 Å². The van der Waals surface area contributed by atoms with E-state index in [0.717, 1.165) is 115 Å². The molecule has 20 nitrogen and oxygen atoms in total. The Balaban J connectivity index is 0.000000191. The summed E-state index contributed by atoms with van der Waals surface area (Å²) in [6.45, 7) is 3.61. The predicted octanol–water partition coefficient (Wildman–Crippen LogP) is 7.82. The van der Waals surface area contributed by atoms with E-state index in [-0.39, 0.29) is 41.7 Å². The summed E-state index contributed by atoms with van der Waals surface area (Å²) >= 11 is 0. The highest BCUT2D eigenvalue weighted by Gasteiger charge is 2.35. The maximum atomic E-state index is 14.2. The quantitative estimate of drug-likeness (QED) is 0.0814. The molecule has 0 bridgehead atoms. The number of aromatic nitrogens is 2. The molecule has 3 aliphatic heterocycles. The molecule has 6 aromatic rings. The van der Waals surface area contributed by atoms with Gasteiger partial charge >= 0.3 is 26.4 Å². The molecule has 2 saturated carbocycles. The van der Waals surface area contributed by atoms with Crippen LogP contribution in [0.4, 0.5) is 0 Å². The molecule has 5 heterocycles. The van der Waals surface area contributed by atoms with Crippen molar-refractivity contribution in [3.05, 3.63) is 117 Å². The van der Waals surface area contributed by atoms with Crippen molar-refractivity contribution in [1.82, 2.24) is 37.0 Å². The van der Waals surface area contributed by atoms with Crippen LogP contribution in [-0.2, 0) is 43.1 Å². The molecular formula is C62H74N8O12S2. The lowest BCUT2D eigenvalue weighted by molar-refractivity contribution is -0.133. The van der Waals surface area contributed by atoms with Gasteiger partial charge in [-0.1, -0.05) is 50.7 Å². The zero-order chi connectivity index (χ0) is 59.8. The molecule has 0 unspecified atom stereocenters. The average Bonchev–Trinajstić information content (AvgIpc) is 1.70. The van der Waals surface area contributed by atoms with Crippen molar-refractivity contribution in [3.63, 3.8) is 0 Å². The number of piperazine rings is 1. The number of fused-ring (bicyclic) bond motifs is 10. The Morgan fingerprint density at radius 2 is 1.01 bits per heavy atom. The third kappa shape index (κ3) is 12.0. The largest absolute Gasteiger partial charge is 0.497 e. The van der Waals surface area contributed by atoms with Gasteiger partial charge in [-0.15, -0.1) is 0 Å². The molecule has 2 aromatic heterocycles. The van der Waals surface area contributed by atoms with Gasteiger partial charge in [-0.3, -0.25) is 19.3 Å². The molecule has 0 atom stereocenters. The highest BCUT2D eigenvalue weighted by Crippen LogP contribution is 2.49. The van der Waals surface area contributed by atoms with Crippen LogP contribution >= 0.6 is 0 Å². The van der Waals surface area contributed by atoms with Crippen molar-refractivity contribution < 1.29 is 55.7 Å². The minimum Gasteiger partial charge on any atom is -0.497 e. The monoisotopic (exact) mass is 1190 g/mol. The molecule has 0 radical (unpaired) electrons. The van der Waals surface area contributed by atoms with Gasteiger partial charge in [0.2, 0.25) is 0 Å². The molecule has 0 spiro atoms. The first kappa shape index (κ1) is 59.8. The molecule has 4 aromatic carbocycles. The van der Waals surface area contributed by atoms with E-state index in [1.165, 1.54) is 46.6 Å². The standard InChI is InChI=1S/C34H43N5O6S.C28H31N3O6S/c1-36(2)46(43,44)35-33(41)24-9-11-29-30(21-24)39-22-26(34(42)38-15-13-37(14-16-38)17-18-40)19-25-20-27(45-3)10-12-28(25)32(39)31(29)23-7-5-4-6-8-23;1-30(2)38(35,36)29-27(32)18-9-11-23-24(15-18)31-16-20(28(33)34)13-19-14-21(37-3)10-12-22(19)26(31)25(23)17-7-5-4-6-8-17/h9-12,19-21,23,40H,4-8,13-18,22H2,1-3H3,(H,35,41);9-15,17H,4-8,16H2,1-3H3,(H,29,32)(H,33,34). The topological polar surface area (TPSA) is 242 Å². The molecule has 3 fully saturated rings. The summed E-state index contributed by atoms with van der Waals surface area (Å²) < 4.78 is 70.8. The van der Waals surface area contributed by atoms with Crippen LogP contribution in [0.15, 0.2) is 83.9 Å². The average molecular weight is 1190 g/mol.